The van der Waals surface area contributed by atoms with Gasteiger partial charge in [-0.25, -0.2) is 0 Å². The first-order valence-electron chi connectivity index (χ1n) is 8.11. The molecule has 0 radical (unpaired) electrons. The van der Waals surface area contributed by atoms with Crippen molar-refractivity contribution in [1.29, 1.82) is 0 Å². The van der Waals surface area contributed by atoms with Gasteiger partial charge in [0.05, 0.1) is 38.9 Å². The number of allylic oxidation sites excluding steroid dienone is 1. The van der Waals surface area contributed by atoms with Crippen molar-refractivity contribution < 1.29 is 28.5 Å². The zero-order valence-electron chi connectivity index (χ0n) is 15.5. The molecule has 3 rings (SSSR count). The molecule has 0 aliphatic carbocycles. The van der Waals surface area contributed by atoms with Crippen LogP contribution in [-0.2, 0) is 0 Å². The molecule has 7 heteroatoms. The topological polar surface area (TPSA) is 63.2 Å². The Morgan fingerprint density at radius 1 is 0.963 bits per heavy atom. The second-order valence-corrected chi connectivity index (χ2v) is 6.53. The molecule has 1 heterocycles. The van der Waals surface area contributed by atoms with Gasteiger partial charge in [-0.05, 0) is 29.8 Å². The van der Waals surface area contributed by atoms with E-state index in [9.17, 15) is 4.79 Å². The quantitative estimate of drug-likeness (QED) is 0.523. The Morgan fingerprint density at radius 2 is 1.63 bits per heavy atom. The maximum absolute atomic E-state index is 12.7. The lowest BCUT2D eigenvalue weighted by Crippen LogP contribution is -2.00. The van der Waals surface area contributed by atoms with Gasteiger partial charge in [-0.3, -0.25) is 4.79 Å². The van der Waals surface area contributed by atoms with E-state index in [1.54, 1.807) is 63.4 Å². The molecular weight excluding hydrogens is 368 g/mol. The number of ether oxygens (including phenoxy) is 5. The molecule has 0 atom stereocenters. The van der Waals surface area contributed by atoms with Gasteiger partial charge in [-0.2, -0.15) is 0 Å². The van der Waals surface area contributed by atoms with E-state index < -0.39 is 0 Å². The van der Waals surface area contributed by atoms with Crippen molar-refractivity contribution in [1.82, 2.24) is 0 Å². The minimum absolute atomic E-state index is 0.170. The lowest BCUT2D eigenvalue weighted by molar-refractivity contribution is 0.104. The van der Waals surface area contributed by atoms with Gasteiger partial charge in [-0.15, -0.1) is 0 Å². The number of rotatable bonds is 7. The number of carbonyl (C=O) groups is 1. The van der Waals surface area contributed by atoms with E-state index in [1.807, 2.05) is 0 Å². The van der Waals surface area contributed by atoms with E-state index in [1.165, 1.54) is 13.2 Å². The molecule has 1 aliphatic rings. The van der Waals surface area contributed by atoms with Crippen molar-refractivity contribution in [2.75, 3.05) is 34.4 Å². The third kappa shape index (κ3) is 3.83. The average Bonchev–Trinajstić information content (AvgIpc) is 3.17. The van der Waals surface area contributed by atoms with Crippen LogP contribution in [0.2, 0.25) is 0 Å². The van der Waals surface area contributed by atoms with Crippen molar-refractivity contribution in [2.45, 2.75) is 4.90 Å². The van der Waals surface area contributed by atoms with Crippen LogP contribution in [0.1, 0.15) is 15.9 Å². The van der Waals surface area contributed by atoms with Crippen molar-refractivity contribution in [3.8, 4) is 28.7 Å². The summed E-state index contributed by atoms with van der Waals surface area (Å²) in [6, 6.07) is 7.09. The van der Waals surface area contributed by atoms with Crippen LogP contribution in [0.3, 0.4) is 0 Å². The molecular formula is C20H20O6S. The van der Waals surface area contributed by atoms with Crippen LogP contribution >= 0.6 is 11.8 Å². The van der Waals surface area contributed by atoms with Gasteiger partial charge in [0, 0.05) is 6.07 Å². The lowest BCUT2D eigenvalue weighted by atomic mass is 10.1. The molecule has 1 aliphatic heterocycles. The molecule has 0 fully saturated rings. The molecule has 2 aromatic carbocycles. The number of hydrogen-bond acceptors (Lipinski definition) is 7. The van der Waals surface area contributed by atoms with E-state index in [0.29, 0.717) is 34.5 Å². The number of fused-ring (bicyclic) bond motifs is 1. The van der Waals surface area contributed by atoms with Crippen molar-refractivity contribution in [2.24, 2.45) is 0 Å². The molecule has 0 N–H and O–H groups in total. The first-order chi connectivity index (χ1) is 13.1. The molecule has 0 amide bonds. The lowest BCUT2D eigenvalue weighted by Gasteiger charge is -2.12. The number of benzene rings is 2. The Labute approximate surface area is 162 Å². The van der Waals surface area contributed by atoms with Gasteiger partial charge in [0.1, 0.15) is 17.4 Å². The standard InChI is InChI=1S/C20H20O6S/c1-22-15-10-16-19(27-11-26-16)9-13(15)14(21)6-5-12-7-17(23-2)20(25-4)18(8-12)24-3/h5-10H,11H2,1-4H3. The molecule has 142 valence electrons. The van der Waals surface area contributed by atoms with E-state index >= 15 is 0 Å². The molecule has 0 bridgehead atoms. The minimum Gasteiger partial charge on any atom is -0.496 e. The number of methoxy groups -OCH3 is 4. The molecule has 27 heavy (non-hydrogen) atoms. The predicted octanol–water partition coefficient (Wildman–Crippen LogP) is 4.06. The first-order valence-corrected chi connectivity index (χ1v) is 9.09. The SMILES string of the molecule is COc1cc2c(cc1C(=O)C=Cc1cc(OC)c(OC)c(OC)c1)SCO2. The highest BCUT2D eigenvalue weighted by molar-refractivity contribution is 7.99. The molecule has 0 saturated carbocycles. The van der Waals surface area contributed by atoms with E-state index in [-0.39, 0.29) is 5.78 Å². The van der Waals surface area contributed by atoms with Crippen LogP contribution in [0.15, 0.2) is 35.2 Å². The largest absolute Gasteiger partial charge is 0.496 e. The summed E-state index contributed by atoms with van der Waals surface area (Å²) in [5.74, 6) is 3.13. The Hall–Kier alpha value is -2.80. The summed E-state index contributed by atoms with van der Waals surface area (Å²) < 4.78 is 26.8. The second-order valence-electron chi connectivity index (χ2n) is 5.56. The van der Waals surface area contributed by atoms with E-state index in [0.717, 1.165) is 16.2 Å². The predicted molar refractivity (Wildman–Crippen MR) is 104 cm³/mol. The number of carbonyl (C=O) groups excluding carboxylic acids is 1. The van der Waals surface area contributed by atoms with Crippen molar-refractivity contribution in [3.05, 3.63) is 41.5 Å². The Morgan fingerprint density at radius 3 is 2.22 bits per heavy atom. The van der Waals surface area contributed by atoms with Gasteiger partial charge in [-0.1, -0.05) is 17.8 Å². The minimum atomic E-state index is -0.170. The molecule has 0 saturated heterocycles. The molecule has 2 aromatic rings. The van der Waals surface area contributed by atoms with Crippen LogP contribution in [-0.4, -0.2) is 40.2 Å². The molecule has 0 spiro atoms. The highest BCUT2D eigenvalue weighted by Gasteiger charge is 2.20. The van der Waals surface area contributed by atoms with Crippen LogP contribution in [0.4, 0.5) is 0 Å². The van der Waals surface area contributed by atoms with E-state index in [4.69, 9.17) is 23.7 Å². The van der Waals surface area contributed by atoms with Gasteiger partial charge >= 0.3 is 0 Å². The van der Waals surface area contributed by atoms with Crippen LogP contribution in [0.5, 0.6) is 28.7 Å². The Bertz CT molecular complexity index is 865. The fourth-order valence-electron chi connectivity index (χ4n) is 2.74. The maximum Gasteiger partial charge on any atom is 0.203 e. The van der Waals surface area contributed by atoms with E-state index in [2.05, 4.69) is 0 Å². The monoisotopic (exact) mass is 388 g/mol. The van der Waals surface area contributed by atoms with Crippen molar-refractivity contribution >= 4 is 23.6 Å². The fraction of sp³-hybridized carbons (Fsp3) is 0.250. The average molecular weight is 388 g/mol. The second kappa shape index (κ2) is 8.26. The van der Waals surface area contributed by atoms with Crippen LogP contribution in [0, 0.1) is 0 Å². The van der Waals surface area contributed by atoms with Gasteiger partial charge < -0.3 is 23.7 Å². The summed E-state index contributed by atoms with van der Waals surface area (Å²) >= 11 is 1.55. The van der Waals surface area contributed by atoms with Gasteiger partial charge in [0.2, 0.25) is 5.75 Å². The molecule has 0 aromatic heterocycles. The van der Waals surface area contributed by atoms with Crippen LogP contribution in [0.25, 0.3) is 6.08 Å². The molecule has 6 nitrogen and oxygen atoms in total. The summed E-state index contributed by atoms with van der Waals surface area (Å²) in [5.41, 5.74) is 1.23. The summed E-state index contributed by atoms with van der Waals surface area (Å²) in [5, 5.41) is 0. The maximum atomic E-state index is 12.7. The fourth-order valence-corrected chi connectivity index (χ4v) is 3.52. The number of ketones is 1. The summed E-state index contributed by atoms with van der Waals surface area (Å²) in [6.07, 6.45) is 3.19. The first kappa shape index (κ1) is 19.0. The zero-order chi connectivity index (χ0) is 19.4. The van der Waals surface area contributed by atoms with Gasteiger partial charge in [0.25, 0.3) is 0 Å². The Balaban J connectivity index is 1.91. The van der Waals surface area contributed by atoms with Crippen molar-refractivity contribution in [3.63, 3.8) is 0 Å². The third-order valence-electron chi connectivity index (χ3n) is 4.07. The molecule has 0 unspecified atom stereocenters. The highest BCUT2D eigenvalue weighted by Crippen LogP contribution is 2.41. The number of thioether (sulfide) groups is 1. The highest BCUT2D eigenvalue weighted by atomic mass is 32.2. The smallest absolute Gasteiger partial charge is 0.203 e. The summed E-state index contributed by atoms with van der Waals surface area (Å²) in [7, 11) is 6.17. The normalized spacial score (nSPS) is 12.4. The Kier molecular flexibility index (Phi) is 5.81. The van der Waals surface area contributed by atoms with Gasteiger partial charge in [0.15, 0.2) is 17.3 Å². The zero-order valence-corrected chi connectivity index (χ0v) is 16.3. The summed E-state index contributed by atoms with van der Waals surface area (Å²) in [6.45, 7) is 0. The van der Waals surface area contributed by atoms with Crippen LogP contribution < -0.4 is 23.7 Å². The third-order valence-corrected chi connectivity index (χ3v) is 4.94. The number of hydrogen-bond donors (Lipinski definition) is 0. The summed E-state index contributed by atoms with van der Waals surface area (Å²) in [4.78, 5) is 13.7.